The zero-order chi connectivity index (χ0) is 37.6. The normalized spacial score (nSPS) is 12.6. The molecular formula is C55H41N. The van der Waals surface area contributed by atoms with Crippen molar-refractivity contribution < 1.29 is 0 Å². The summed E-state index contributed by atoms with van der Waals surface area (Å²) in [5, 5.41) is 2.52. The first-order valence-electron chi connectivity index (χ1n) is 19.5. The first-order valence-corrected chi connectivity index (χ1v) is 19.5. The Morgan fingerprint density at radius 2 is 0.821 bits per heavy atom. The average Bonchev–Trinajstić information content (AvgIpc) is 3.49. The third-order valence-corrected chi connectivity index (χ3v) is 11.7. The second-order valence-corrected chi connectivity index (χ2v) is 15.4. The number of nitrogens with zero attached hydrogens (tertiary/aromatic N) is 1. The molecule has 0 aliphatic heterocycles. The first-order chi connectivity index (χ1) is 27.5. The molecule has 1 nitrogen and oxygen atoms in total. The second-order valence-electron chi connectivity index (χ2n) is 15.4. The summed E-state index contributed by atoms with van der Waals surface area (Å²) < 4.78 is 0. The van der Waals surface area contributed by atoms with Gasteiger partial charge in [-0.3, -0.25) is 0 Å². The molecule has 0 radical (unpaired) electrons. The summed E-state index contributed by atoms with van der Waals surface area (Å²) in [5.41, 5.74) is 18.2. The highest BCUT2D eigenvalue weighted by atomic mass is 15.1. The van der Waals surface area contributed by atoms with E-state index < -0.39 is 0 Å². The molecule has 0 N–H and O–H groups in total. The van der Waals surface area contributed by atoms with Gasteiger partial charge in [-0.1, -0.05) is 184 Å². The molecule has 0 amide bonds. The smallest absolute Gasteiger partial charge is 0.0543 e. The fraction of sp³-hybridized carbons (Fsp3) is 0.0545. The van der Waals surface area contributed by atoms with E-state index in [1.165, 1.54) is 77.5 Å². The second kappa shape index (κ2) is 13.7. The SMILES string of the molecule is CC1(C)c2cc(N(c3ccc(-c4ccccc4)cc3)c3ccc(-c4ccccc4)cc3)c(-c3ccccc3)cc2-c2c(-c3ccc4ccccc4c3)cccc21. The van der Waals surface area contributed by atoms with Gasteiger partial charge in [0.15, 0.2) is 0 Å². The highest BCUT2D eigenvalue weighted by Crippen LogP contribution is 2.56. The Hall–Kier alpha value is -6.96. The van der Waals surface area contributed by atoms with Crippen LogP contribution in [-0.4, -0.2) is 0 Å². The van der Waals surface area contributed by atoms with Gasteiger partial charge in [-0.25, -0.2) is 0 Å². The molecule has 0 bridgehead atoms. The van der Waals surface area contributed by atoms with Crippen LogP contribution in [0.2, 0.25) is 0 Å². The average molecular weight is 716 g/mol. The molecule has 9 aromatic rings. The van der Waals surface area contributed by atoms with Crippen LogP contribution in [0.4, 0.5) is 17.1 Å². The fourth-order valence-electron chi connectivity index (χ4n) is 8.75. The molecule has 0 saturated carbocycles. The van der Waals surface area contributed by atoms with Crippen LogP contribution < -0.4 is 4.90 Å². The summed E-state index contributed by atoms with van der Waals surface area (Å²) in [6.07, 6.45) is 0. The molecule has 10 rings (SSSR count). The van der Waals surface area contributed by atoms with E-state index in [2.05, 4.69) is 231 Å². The largest absolute Gasteiger partial charge is 0.310 e. The summed E-state index contributed by atoms with van der Waals surface area (Å²) in [7, 11) is 0. The Morgan fingerprint density at radius 3 is 1.41 bits per heavy atom. The number of rotatable bonds is 7. The topological polar surface area (TPSA) is 3.24 Å². The van der Waals surface area contributed by atoms with Crippen LogP contribution in [0, 0.1) is 0 Å². The molecule has 0 atom stereocenters. The lowest BCUT2D eigenvalue weighted by Gasteiger charge is -2.30. The number of benzene rings is 9. The van der Waals surface area contributed by atoms with Gasteiger partial charge in [0.1, 0.15) is 0 Å². The monoisotopic (exact) mass is 715 g/mol. The fourth-order valence-corrected chi connectivity index (χ4v) is 8.75. The zero-order valence-corrected chi connectivity index (χ0v) is 31.7. The van der Waals surface area contributed by atoms with E-state index in [0.29, 0.717) is 0 Å². The Morgan fingerprint density at radius 1 is 0.321 bits per heavy atom. The molecule has 0 fully saturated rings. The number of anilines is 3. The maximum Gasteiger partial charge on any atom is 0.0543 e. The number of hydrogen-bond donors (Lipinski definition) is 0. The van der Waals surface area contributed by atoms with Crippen LogP contribution in [0.25, 0.3) is 66.4 Å². The summed E-state index contributed by atoms with van der Waals surface area (Å²) >= 11 is 0. The maximum absolute atomic E-state index is 2.48. The third kappa shape index (κ3) is 5.81. The predicted octanol–water partition coefficient (Wildman–Crippen LogP) is 15.3. The zero-order valence-electron chi connectivity index (χ0n) is 31.7. The van der Waals surface area contributed by atoms with Crippen LogP contribution >= 0.6 is 0 Å². The van der Waals surface area contributed by atoms with Crippen molar-refractivity contribution in [3.63, 3.8) is 0 Å². The van der Waals surface area contributed by atoms with Crippen LogP contribution in [0.3, 0.4) is 0 Å². The predicted molar refractivity (Wildman–Crippen MR) is 238 cm³/mol. The molecule has 1 aliphatic carbocycles. The van der Waals surface area contributed by atoms with Gasteiger partial charge in [0.2, 0.25) is 0 Å². The van der Waals surface area contributed by atoms with Crippen molar-refractivity contribution in [2.45, 2.75) is 19.3 Å². The van der Waals surface area contributed by atoms with E-state index in [1.807, 2.05) is 0 Å². The molecule has 56 heavy (non-hydrogen) atoms. The van der Waals surface area contributed by atoms with E-state index in [1.54, 1.807) is 0 Å². The van der Waals surface area contributed by atoms with Crippen LogP contribution in [-0.2, 0) is 5.41 Å². The van der Waals surface area contributed by atoms with E-state index in [0.717, 1.165) is 17.1 Å². The lowest BCUT2D eigenvalue weighted by atomic mass is 9.81. The van der Waals surface area contributed by atoms with Gasteiger partial charge >= 0.3 is 0 Å². The molecule has 0 aromatic heterocycles. The Bertz CT molecular complexity index is 2750. The Kier molecular flexibility index (Phi) is 8.23. The van der Waals surface area contributed by atoms with Crippen LogP contribution in [0.1, 0.15) is 25.0 Å². The van der Waals surface area contributed by atoms with Gasteiger partial charge in [-0.05, 0) is 114 Å². The first kappa shape index (κ1) is 33.6. The molecule has 0 heterocycles. The molecule has 9 aromatic carbocycles. The van der Waals surface area contributed by atoms with Gasteiger partial charge in [-0.2, -0.15) is 0 Å². The summed E-state index contributed by atoms with van der Waals surface area (Å²) in [6.45, 7) is 4.78. The molecular weight excluding hydrogens is 675 g/mol. The lowest BCUT2D eigenvalue weighted by Crippen LogP contribution is -2.17. The van der Waals surface area contributed by atoms with Crippen molar-refractivity contribution in [1.82, 2.24) is 0 Å². The van der Waals surface area contributed by atoms with Gasteiger partial charge in [-0.15, -0.1) is 0 Å². The van der Waals surface area contributed by atoms with Crippen LogP contribution in [0.15, 0.2) is 212 Å². The van der Waals surface area contributed by atoms with E-state index >= 15 is 0 Å². The van der Waals surface area contributed by atoms with Gasteiger partial charge in [0.05, 0.1) is 5.69 Å². The Balaban J connectivity index is 1.20. The molecule has 0 spiro atoms. The summed E-state index contributed by atoms with van der Waals surface area (Å²) in [4.78, 5) is 2.45. The molecule has 1 aliphatic rings. The van der Waals surface area contributed by atoms with Gasteiger partial charge in [0.25, 0.3) is 0 Å². The minimum absolute atomic E-state index is 0.221. The van der Waals surface area contributed by atoms with E-state index in [9.17, 15) is 0 Å². The minimum Gasteiger partial charge on any atom is -0.310 e. The van der Waals surface area contributed by atoms with E-state index in [4.69, 9.17) is 0 Å². The lowest BCUT2D eigenvalue weighted by molar-refractivity contribution is 0.660. The molecule has 0 unspecified atom stereocenters. The minimum atomic E-state index is -0.221. The van der Waals surface area contributed by atoms with E-state index in [-0.39, 0.29) is 5.41 Å². The van der Waals surface area contributed by atoms with Gasteiger partial charge < -0.3 is 4.90 Å². The maximum atomic E-state index is 2.48. The van der Waals surface area contributed by atoms with Gasteiger partial charge in [0, 0.05) is 22.4 Å². The number of hydrogen-bond acceptors (Lipinski definition) is 1. The third-order valence-electron chi connectivity index (χ3n) is 11.7. The summed E-state index contributed by atoms with van der Waals surface area (Å²) in [5.74, 6) is 0. The quantitative estimate of drug-likeness (QED) is 0.159. The molecule has 266 valence electrons. The summed E-state index contributed by atoms with van der Waals surface area (Å²) in [6, 6.07) is 77.6. The highest BCUT2D eigenvalue weighted by Gasteiger charge is 2.38. The Labute approximate surface area is 329 Å². The molecule has 0 saturated heterocycles. The van der Waals surface area contributed by atoms with Crippen molar-refractivity contribution in [1.29, 1.82) is 0 Å². The number of fused-ring (bicyclic) bond motifs is 4. The van der Waals surface area contributed by atoms with Crippen molar-refractivity contribution >= 4 is 27.8 Å². The van der Waals surface area contributed by atoms with Crippen molar-refractivity contribution in [2.75, 3.05) is 4.90 Å². The van der Waals surface area contributed by atoms with Crippen molar-refractivity contribution in [3.05, 3.63) is 223 Å². The van der Waals surface area contributed by atoms with Crippen molar-refractivity contribution in [2.24, 2.45) is 0 Å². The molecule has 1 heteroatoms. The van der Waals surface area contributed by atoms with Crippen molar-refractivity contribution in [3.8, 4) is 55.6 Å². The standard InChI is InChI=1S/C55H41N/c1-55(2)51-24-14-23-48(45-26-25-40-19-12-13-22-44(40)35-45)54(51)50-36-49(43-20-10-5-11-21-43)53(37-52(50)55)56(46-31-27-41(28-32-46)38-15-6-3-7-16-38)47-33-29-42(30-34-47)39-17-8-4-9-18-39/h3-37H,1-2H3. The highest BCUT2D eigenvalue weighted by molar-refractivity contribution is 6.00. The van der Waals surface area contributed by atoms with Crippen LogP contribution in [0.5, 0.6) is 0 Å².